The van der Waals surface area contributed by atoms with E-state index in [1.54, 1.807) is 0 Å². The van der Waals surface area contributed by atoms with Crippen LogP contribution >= 0.6 is 0 Å². The Bertz CT molecular complexity index is 970. The molecule has 6 nitrogen and oxygen atoms in total. The summed E-state index contributed by atoms with van der Waals surface area (Å²) in [6.07, 6.45) is -0.713. The van der Waals surface area contributed by atoms with Gasteiger partial charge in [0.2, 0.25) is 0 Å². The molecule has 0 aliphatic carbocycles. The zero-order valence-electron chi connectivity index (χ0n) is 16.5. The molecule has 0 bridgehead atoms. The van der Waals surface area contributed by atoms with Crippen LogP contribution in [-0.2, 0) is 14.3 Å². The normalized spacial score (nSPS) is 10.4. The Hall–Kier alpha value is -3.93. The van der Waals surface area contributed by atoms with Crippen LogP contribution in [0.2, 0.25) is 0 Å². The molecule has 3 aromatic rings. The van der Waals surface area contributed by atoms with E-state index in [-0.39, 0.29) is 17.1 Å². The van der Waals surface area contributed by atoms with E-state index in [0.717, 1.165) is 11.1 Å². The van der Waals surface area contributed by atoms with Crippen LogP contribution in [0.1, 0.15) is 41.4 Å². The van der Waals surface area contributed by atoms with Crippen LogP contribution in [0.4, 0.5) is 0 Å². The minimum Gasteiger partial charge on any atom is -0.449 e. The van der Waals surface area contributed by atoms with Gasteiger partial charge in [0.15, 0.2) is 6.10 Å². The van der Waals surface area contributed by atoms with Gasteiger partial charge in [0.05, 0.1) is 0 Å². The Balaban J connectivity index is 2.03. The summed E-state index contributed by atoms with van der Waals surface area (Å²) in [5.74, 6) is -2.13. The minimum atomic E-state index is -0.791. The molecule has 30 heavy (non-hydrogen) atoms. The first-order chi connectivity index (χ1) is 14.5. The predicted octanol–water partition coefficient (Wildman–Crippen LogP) is 4.48. The van der Waals surface area contributed by atoms with Gasteiger partial charge in [-0.3, -0.25) is 9.59 Å². The van der Waals surface area contributed by atoms with Gasteiger partial charge in [0.1, 0.15) is 17.1 Å². The summed E-state index contributed by atoms with van der Waals surface area (Å²) in [5, 5.41) is 0. The van der Waals surface area contributed by atoms with Gasteiger partial charge in [-0.25, -0.2) is 4.79 Å². The van der Waals surface area contributed by atoms with E-state index in [0.29, 0.717) is 0 Å². The van der Waals surface area contributed by atoms with Crippen LogP contribution < -0.4 is 9.47 Å². The van der Waals surface area contributed by atoms with Gasteiger partial charge in [-0.1, -0.05) is 66.7 Å². The number of hydrogen-bond donors (Lipinski definition) is 0. The van der Waals surface area contributed by atoms with Crippen molar-refractivity contribution in [3.8, 4) is 11.5 Å². The van der Waals surface area contributed by atoms with Gasteiger partial charge in [-0.2, -0.15) is 0 Å². The van der Waals surface area contributed by atoms with Gasteiger partial charge in [0.25, 0.3) is 0 Å². The number of benzene rings is 3. The number of esters is 3. The maximum atomic E-state index is 13.2. The van der Waals surface area contributed by atoms with E-state index >= 15 is 0 Å². The number of rotatable bonds is 6. The van der Waals surface area contributed by atoms with E-state index in [9.17, 15) is 14.4 Å². The van der Waals surface area contributed by atoms with Crippen LogP contribution in [0.15, 0.2) is 78.9 Å². The van der Waals surface area contributed by atoms with E-state index in [4.69, 9.17) is 14.2 Å². The van der Waals surface area contributed by atoms with Crippen LogP contribution in [0, 0.1) is 0 Å². The fraction of sp³-hybridized carbons (Fsp3) is 0.125. The Kier molecular flexibility index (Phi) is 6.60. The zero-order chi connectivity index (χ0) is 21.5. The van der Waals surface area contributed by atoms with Crippen LogP contribution in [0.3, 0.4) is 0 Å². The molecule has 0 aliphatic rings. The highest BCUT2D eigenvalue weighted by atomic mass is 16.6. The predicted molar refractivity (Wildman–Crippen MR) is 109 cm³/mol. The second-order valence-corrected chi connectivity index (χ2v) is 6.42. The number of carbonyl (C=O) groups is 3. The largest absolute Gasteiger partial charge is 0.449 e. The molecule has 0 atom stereocenters. The molecule has 0 spiro atoms. The topological polar surface area (TPSA) is 78.9 Å². The van der Waals surface area contributed by atoms with Crippen molar-refractivity contribution >= 4 is 17.9 Å². The third-order valence-corrected chi connectivity index (χ3v) is 4.13. The standard InChI is InChI=1S/C24H20O6/c1-16(25)28-20-14-9-15-21(29-17(2)26)22(20)24(27)30-23(18-10-5-3-6-11-18)19-12-7-4-8-13-19/h3-15,23H,1-2H3. The first-order valence-corrected chi connectivity index (χ1v) is 9.26. The quantitative estimate of drug-likeness (QED) is 0.445. The third-order valence-electron chi connectivity index (χ3n) is 4.13. The molecule has 3 rings (SSSR count). The molecule has 0 saturated heterocycles. The zero-order valence-corrected chi connectivity index (χ0v) is 16.5. The molecule has 0 aliphatic heterocycles. The molecular formula is C24H20O6. The minimum absolute atomic E-state index is 0.0499. The molecule has 0 amide bonds. The molecule has 0 N–H and O–H groups in total. The molecule has 6 heteroatoms. The summed E-state index contributed by atoms with van der Waals surface area (Å²) in [6, 6.07) is 22.9. The summed E-state index contributed by atoms with van der Waals surface area (Å²) < 4.78 is 16.1. The van der Waals surface area contributed by atoms with Crippen molar-refractivity contribution in [1.29, 1.82) is 0 Å². The molecule has 0 heterocycles. The van der Waals surface area contributed by atoms with Crippen molar-refractivity contribution in [2.45, 2.75) is 20.0 Å². The smallest absolute Gasteiger partial charge is 0.346 e. The SMILES string of the molecule is CC(=O)Oc1cccc(OC(C)=O)c1C(=O)OC(c1ccccc1)c1ccccc1. The average molecular weight is 404 g/mol. The number of carbonyl (C=O) groups excluding carboxylic acids is 3. The second-order valence-electron chi connectivity index (χ2n) is 6.42. The van der Waals surface area contributed by atoms with E-state index in [1.165, 1.54) is 32.0 Å². The monoisotopic (exact) mass is 404 g/mol. The fourth-order valence-corrected chi connectivity index (χ4v) is 2.94. The first kappa shape index (κ1) is 20.8. The lowest BCUT2D eigenvalue weighted by atomic mass is 10.0. The van der Waals surface area contributed by atoms with Gasteiger partial charge in [-0.15, -0.1) is 0 Å². The van der Waals surface area contributed by atoms with Crippen molar-refractivity contribution < 1.29 is 28.6 Å². The molecule has 0 fully saturated rings. The summed E-state index contributed by atoms with van der Waals surface area (Å²) in [4.78, 5) is 36.2. The highest BCUT2D eigenvalue weighted by Crippen LogP contribution is 2.33. The van der Waals surface area contributed by atoms with E-state index in [1.807, 2.05) is 60.7 Å². The lowest BCUT2D eigenvalue weighted by Crippen LogP contribution is -2.17. The van der Waals surface area contributed by atoms with Crippen molar-refractivity contribution in [2.75, 3.05) is 0 Å². The summed E-state index contributed by atoms with van der Waals surface area (Å²) >= 11 is 0. The Morgan fingerprint density at radius 1 is 0.633 bits per heavy atom. The van der Waals surface area contributed by atoms with Gasteiger partial charge in [-0.05, 0) is 23.3 Å². The maximum absolute atomic E-state index is 13.2. The fourth-order valence-electron chi connectivity index (χ4n) is 2.94. The van der Waals surface area contributed by atoms with Crippen LogP contribution in [-0.4, -0.2) is 17.9 Å². The molecule has 0 aromatic heterocycles. The Labute approximate surface area is 174 Å². The van der Waals surface area contributed by atoms with E-state index < -0.39 is 24.0 Å². The Morgan fingerprint density at radius 2 is 1.07 bits per heavy atom. The average Bonchev–Trinajstić information content (AvgIpc) is 2.72. The molecule has 0 radical (unpaired) electrons. The molecule has 152 valence electrons. The lowest BCUT2D eigenvalue weighted by molar-refractivity contribution is -0.132. The number of hydrogen-bond acceptors (Lipinski definition) is 6. The highest BCUT2D eigenvalue weighted by molar-refractivity contribution is 5.97. The van der Waals surface area contributed by atoms with Gasteiger partial charge in [0, 0.05) is 13.8 Å². The van der Waals surface area contributed by atoms with Gasteiger partial charge < -0.3 is 14.2 Å². The third kappa shape index (κ3) is 5.11. The lowest BCUT2D eigenvalue weighted by Gasteiger charge is -2.20. The molecule has 0 saturated carbocycles. The Morgan fingerprint density at radius 3 is 1.47 bits per heavy atom. The van der Waals surface area contributed by atoms with Crippen molar-refractivity contribution in [3.63, 3.8) is 0 Å². The molecular weight excluding hydrogens is 384 g/mol. The number of ether oxygens (including phenoxy) is 3. The molecule has 0 unspecified atom stereocenters. The molecule has 3 aromatic carbocycles. The van der Waals surface area contributed by atoms with Crippen molar-refractivity contribution in [1.82, 2.24) is 0 Å². The van der Waals surface area contributed by atoms with Gasteiger partial charge >= 0.3 is 17.9 Å². The summed E-state index contributed by atoms with van der Waals surface area (Å²) in [7, 11) is 0. The van der Waals surface area contributed by atoms with E-state index in [2.05, 4.69) is 0 Å². The maximum Gasteiger partial charge on any atom is 0.346 e. The highest BCUT2D eigenvalue weighted by Gasteiger charge is 2.27. The second kappa shape index (κ2) is 9.52. The first-order valence-electron chi connectivity index (χ1n) is 9.26. The van der Waals surface area contributed by atoms with Crippen LogP contribution in [0.5, 0.6) is 11.5 Å². The summed E-state index contributed by atoms with van der Waals surface area (Å²) in [5.41, 5.74) is 1.38. The van der Waals surface area contributed by atoms with Crippen molar-refractivity contribution in [3.05, 3.63) is 95.6 Å². The summed E-state index contributed by atoms with van der Waals surface area (Å²) in [6.45, 7) is 2.43. The van der Waals surface area contributed by atoms with Crippen molar-refractivity contribution in [2.24, 2.45) is 0 Å². The van der Waals surface area contributed by atoms with Crippen LogP contribution in [0.25, 0.3) is 0 Å².